The molecule has 1 amide bonds. The molecule has 1 heterocycles. The molecular weight excluding hydrogens is 458 g/mol. The highest BCUT2D eigenvalue weighted by atomic mass is 32.2. The summed E-state index contributed by atoms with van der Waals surface area (Å²) in [6, 6.07) is 11.1. The maximum Gasteiger partial charge on any atom is 0.262 e. The van der Waals surface area contributed by atoms with E-state index >= 15 is 0 Å². The van der Waals surface area contributed by atoms with Crippen LogP contribution < -0.4 is 10.9 Å². The van der Waals surface area contributed by atoms with Crippen molar-refractivity contribution in [1.82, 2.24) is 14.9 Å². The molecular formula is C28H33N3O3S. The molecule has 3 aromatic rings. The third-order valence-electron chi connectivity index (χ3n) is 6.44. The summed E-state index contributed by atoms with van der Waals surface area (Å²) in [6.45, 7) is 8.53. The third-order valence-corrected chi connectivity index (χ3v) is 7.41. The van der Waals surface area contributed by atoms with E-state index in [0.717, 1.165) is 36.8 Å². The number of aromatic nitrogens is 2. The van der Waals surface area contributed by atoms with Gasteiger partial charge in [-0.2, -0.15) is 0 Å². The van der Waals surface area contributed by atoms with Crippen molar-refractivity contribution in [2.24, 2.45) is 5.92 Å². The van der Waals surface area contributed by atoms with Gasteiger partial charge in [0.2, 0.25) is 0 Å². The zero-order valence-corrected chi connectivity index (χ0v) is 21.7. The number of carbonyl (C=O) groups excluding carboxylic acids is 2. The van der Waals surface area contributed by atoms with Crippen molar-refractivity contribution in [2.75, 3.05) is 5.75 Å². The van der Waals surface area contributed by atoms with E-state index < -0.39 is 0 Å². The van der Waals surface area contributed by atoms with E-state index in [-0.39, 0.29) is 35.0 Å². The van der Waals surface area contributed by atoms with Gasteiger partial charge in [0.1, 0.15) is 0 Å². The molecule has 1 saturated carbocycles. The lowest BCUT2D eigenvalue weighted by Gasteiger charge is -2.16. The second-order valence-electron chi connectivity index (χ2n) is 9.92. The summed E-state index contributed by atoms with van der Waals surface area (Å²) >= 11 is 1.28. The van der Waals surface area contributed by atoms with Crippen LogP contribution in [0.15, 0.2) is 46.3 Å². The van der Waals surface area contributed by atoms with Crippen LogP contribution >= 0.6 is 11.8 Å². The standard InChI is InChI=1S/C28H33N3O3S/c1-17(2)15-31-27(34)23-12-10-20(26(33)29-21-7-5-6-8-21)14-24(23)30-28(31)35-16-25(32)22-11-9-18(3)13-19(22)4/h9-14,17,21H,5-8,15-16H2,1-4H3,(H,29,33). The van der Waals surface area contributed by atoms with Crippen LogP contribution in [0.2, 0.25) is 0 Å². The molecule has 1 aliphatic carbocycles. The fourth-order valence-electron chi connectivity index (χ4n) is 4.65. The summed E-state index contributed by atoms with van der Waals surface area (Å²) in [6.07, 6.45) is 4.29. The van der Waals surface area contributed by atoms with Crippen LogP contribution in [0.4, 0.5) is 0 Å². The molecule has 7 heteroatoms. The highest BCUT2D eigenvalue weighted by molar-refractivity contribution is 7.99. The number of fused-ring (bicyclic) bond motifs is 1. The molecule has 4 rings (SSSR count). The number of aryl methyl sites for hydroxylation is 2. The Kier molecular flexibility index (Phi) is 7.75. The number of thioether (sulfide) groups is 1. The van der Waals surface area contributed by atoms with Crippen LogP contribution in [0.3, 0.4) is 0 Å². The molecule has 0 bridgehead atoms. The number of hydrogen-bond acceptors (Lipinski definition) is 5. The zero-order chi connectivity index (χ0) is 25.1. The second-order valence-corrected chi connectivity index (χ2v) is 10.9. The van der Waals surface area contributed by atoms with Gasteiger partial charge in [-0.15, -0.1) is 0 Å². The number of ketones is 1. The van der Waals surface area contributed by atoms with Gasteiger partial charge in [0.15, 0.2) is 10.9 Å². The molecule has 6 nitrogen and oxygen atoms in total. The van der Waals surface area contributed by atoms with Gasteiger partial charge in [-0.25, -0.2) is 4.98 Å². The maximum atomic E-state index is 13.4. The van der Waals surface area contributed by atoms with Crippen LogP contribution in [0, 0.1) is 19.8 Å². The number of amides is 1. The summed E-state index contributed by atoms with van der Waals surface area (Å²) in [5.41, 5.74) is 3.58. The van der Waals surface area contributed by atoms with Gasteiger partial charge in [0, 0.05) is 23.7 Å². The first kappa shape index (κ1) is 25.2. The van der Waals surface area contributed by atoms with E-state index in [1.165, 1.54) is 11.8 Å². The zero-order valence-electron chi connectivity index (χ0n) is 20.9. The Labute approximate surface area is 210 Å². The quantitative estimate of drug-likeness (QED) is 0.262. The molecule has 1 N–H and O–H groups in total. The van der Waals surface area contributed by atoms with E-state index in [4.69, 9.17) is 4.98 Å². The van der Waals surface area contributed by atoms with Crippen molar-refractivity contribution in [3.8, 4) is 0 Å². The number of hydrogen-bond donors (Lipinski definition) is 1. The molecule has 0 saturated heterocycles. The van der Waals surface area contributed by atoms with Crippen molar-refractivity contribution in [1.29, 1.82) is 0 Å². The summed E-state index contributed by atoms with van der Waals surface area (Å²) < 4.78 is 1.66. The molecule has 35 heavy (non-hydrogen) atoms. The summed E-state index contributed by atoms with van der Waals surface area (Å²) in [4.78, 5) is 43.9. The minimum absolute atomic E-state index is 0.00244. The first-order valence-corrected chi connectivity index (χ1v) is 13.3. The van der Waals surface area contributed by atoms with E-state index in [9.17, 15) is 14.4 Å². The number of carbonyl (C=O) groups is 2. The molecule has 0 aliphatic heterocycles. The van der Waals surface area contributed by atoms with Gasteiger partial charge in [-0.1, -0.05) is 62.2 Å². The molecule has 0 spiro atoms. The number of benzene rings is 2. The topological polar surface area (TPSA) is 81.1 Å². The molecule has 0 unspecified atom stereocenters. The Morgan fingerprint density at radius 3 is 2.54 bits per heavy atom. The lowest BCUT2D eigenvalue weighted by molar-refractivity contribution is 0.0937. The van der Waals surface area contributed by atoms with Crippen LogP contribution in [0.25, 0.3) is 10.9 Å². The highest BCUT2D eigenvalue weighted by Crippen LogP contribution is 2.23. The average molecular weight is 492 g/mol. The normalized spacial score (nSPS) is 14.1. The Morgan fingerprint density at radius 2 is 1.86 bits per heavy atom. The minimum Gasteiger partial charge on any atom is -0.349 e. The Morgan fingerprint density at radius 1 is 1.11 bits per heavy atom. The van der Waals surface area contributed by atoms with Crippen molar-refractivity contribution in [2.45, 2.75) is 71.1 Å². The van der Waals surface area contributed by atoms with Gasteiger partial charge in [-0.3, -0.25) is 19.0 Å². The summed E-state index contributed by atoms with van der Waals surface area (Å²) in [5, 5.41) is 4.08. The lowest BCUT2D eigenvalue weighted by Crippen LogP contribution is -2.32. The molecule has 1 aliphatic rings. The lowest BCUT2D eigenvalue weighted by atomic mass is 10.0. The Hall–Kier alpha value is -2.93. The van der Waals surface area contributed by atoms with E-state index in [1.54, 1.807) is 22.8 Å². The number of nitrogens with one attached hydrogen (secondary N) is 1. The number of rotatable bonds is 8. The average Bonchev–Trinajstić information content (AvgIpc) is 3.32. The molecule has 2 aromatic carbocycles. The maximum absolute atomic E-state index is 13.4. The van der Waals surface area contributed by atoms with Crippen LogP contribution in [0.5, 0.6) is 0 Å². The number of Topliss-reactive ketones (excluding diaryl/α,β-unsaturated/α-hetero) is 1. The fraction of sp³-hybridized carbons (Fsp3) is 0.429. The SMILES string of the molecule is Cc1ccc(C(=O)CSc2nc3cc(C(=O)NC4CCCC4)ccc3c(=O)n2CC(C)C)c(C)c1. The van der Waals surface area contributed by atoms with Crippen molar-refractivity contribution >= 4 is 34.4 Å². The van der Waals surface area contributed by atoms with Crippen LogP contribution in [0.1, 0.15) is 71.4 Å². The molecule has 1 aromatic heterocycles. The van der Waals surface area contributed by atoms with Crippen LogP contribution in [-0.2, 0) is 6.54 Å². The van der Waals surface area contributed by atoms with Crippen LogP contribution in [-0.4, -0.2) is 33.0 Å². The van der Waals surface area contributed by atoms with Crippen molar-refractivity contribution in [3.05, 3.63) is 69.0 Å². The molecule has 0 radical (unpaired) electrons. The number of nitrogens with zero attached hydrogens (tertiary/aromatic N) is 2. The van der Waals surface area contributed by atoms with Crippen molar-refractivity contribution < 1.29 is 9.59 Å². The molecule has 0 atom stereocenters. The van der Waals surface area contributed by atoms with E-state index in [1.807, 2.05) is 45.9 Å². The van der Waals surface area contributed by atoms with Gasteiger partial charge < -0.3 is 5.32 Å². The Balaban J connectivity index is 1.64. The molecule has 1 fully saturated rings. The first-order valence-electron chi connectivity index (χ1n) is 12.3. The predicted molar refractivity (Wildman–Crippen MR) is 142 cm³/mol. The minimum atomic E-state index is -0.145. The molecule has 184 valence electrons. The Bertz CT molecular complexity index is 1320. The third kappa shape index (κ3) is 5.84. The van der Waals surface area contributed by atoms with Gasteiger partial charge in [0.05, 0.1) is 16.7 Å². The largest absolute Gasteiger partial charge is 0.349 e. The fourth-order valence-corrected chi connectivity index (χ4v) is 5.54. The smallest absolute Gasteiger partial charge is 0.262 e. The highest BCUT2D eigenvalue weighted by Gasteiger charge is 2.20. The second kappa shape index (κ2) is 10.8. The van der Waals surface area contributed by atoms with Crippen molar-refractivity contribution in [3.63, 3.8) is 0 Å². The first-order chi connectivity index (χ1) is 16.7. The van der Waals surface area contributed by atoms with Gasteiger partial charge in [-0.05, 0) is 56.4 Å². The summed E-state index contributed by atoms with van der Waals surface area (Å²) in [7, 11) is 0. The monoisotopic (exact) mass is 491 g/mol. The summed E-state index contributed by atoms with van der Waals surface area (Å²) in [5.74, 6) is 0.286. The van der Waals surface area contributed by atoms with E-state index in [2.05, 4.69) is 5.32 Å². The van der Waals surface area contributed by atoms with Gasteiger partial charge >= 0.3 is 0 Å². The van der Waals surface area contributed by atoms with Gasteiger partial charge in [0.25, 0.3) is 11.5 Å². The van der Waals surface area contributed by atoms with E-state index in [0.29, 0.717) is 33.7 Å². The predicted octanol–water partition coefficient (Wildman–Crippen LogP) is 5.32.